The third-order valence-corrected chi connectivity index (χ3v) is 7.51. The van der Waals surface area contributed by atoms with Crippen LogP contribution in [-0.4, -0.2) is 44.9 Å². The van der Waals surface area contributed by atoms with Gasteiger partial charge in [-0.3, -0.25) is 4.79 Å². The number of nitrogens with zero attached hydrogens (tertiary/aromatic N) is 1. The quantitative estimate of drug-likeness (QED) is 0.413. The Morgan fingerprint density at radius 2 is 1.55 bits per heavy atom. The molecule has 3 aromatic rings. The van der Waals surface area contributed by atoms with Crippen molar-refractivity contribution in [3.8, 4) is 0 Å². The van der Waals surface area contributed by atoms with Crippen LogP contribution in [0.25, 0.3) is 11.6 Å². The first-order chi connectivity index (χ1) is 15.9. The van der Waals surface area contributed by atoms with Crippen LogP contribution in [0.4, 0.5) is 5.69 Å². The molecular formula is C25H23ClN2O4S. The lowest BCUT2D eigenvalue weighted by Crippen LogP contribution is -2.40. The van der Waals surface area contributed by atoms with Gasteiger partial charge in [-0.1, -0.05) is 60.1 Å². The number of amides is 1. The maximum atomic E-state index is 13.2. The summed E-state index contributed by atoms with van der Waals surface area (Å²) >= 11 is 6.30. The molecule has 4 rings (SSSR count). The molecule has 8 heteroatoms. The van der Waals surface area contributed by atoms with Crippen molar-refractivity contribution in [1.82, 2.24) is 4.31 Å². The number of sulfonamides is 1. The first-order valence-corrected chi connectivity index (χ1v) is 12.3. The Kier molecular flexibility index (Phi) is 7.25. The predicted octanol–water partition coefficient (Wildman–Crippen LogP) is 4.54. The number of hydrogen-bond acceptors (Lipinski definition) is 4. The second-order valence-electron chi connectivity index (χ2n) is 7.44. The van der Waals surface area contributed by atoms with Crippen LogP contribution in [0.15, 0.2) is 83.8 Å². The monoisotopic (exact) mass is 482 g/mol. The average Bonchev–Trinajstić information content (AvgIpc) is 2.85. The van der Waals surface area contributed by atoms with Gasteiger partial charge >= 0.3 is 0 Å². The van der Waals surface area contributed by atoms with Gasteiger partial charge in [0.1, 0.15) is 0 Å². The second-order valence-corrected chi connectivity index (χ2v) is 9.79. The highest BCUT2D eigenvalue weighted by molar-refractivity contribution is 7.89. The van der Waals surface area contributed by atoms with Crippen LogP contribution in [-0.2, 0) is 19.6 Å². The van der Waals surface area contributed by atoms with Crippen LogP contribution in [0.1, 0.15) is 11.1 Å². The molecule has 0 bridgehead atoms. The maximum absolute atomic E-state index is 13.2. The van der Waals surface area contributed by atoms with Crippen molar-refractivity contribution in [2.24, 2.45) is 0 Å². The van der Waals surface area contributed by atoms with Gasteiger partial charge in [-0.05, 0) is 47.5 Å². The molecule has 170 valence electrons. The van der Waals surface area contributed by atoms with Crippen LogP contribution in [0, 0.1) is 0 Å². The fraction of sp³-hybridized carbons (Fsp3) is 0.160. The SMILES string of the molecule is O=C(Nc1ccc(S(=O)(=O)N2CCOCC2)cc1)/C(=C/c1ccccc1Cl)c1ccccc1. The fourth-order valence-corrected chi connectivity index (χ4v) is 5.09. The molecule has 1 amide bonds. The molecule has 33 heavy (non-hydrogen) atoms. The van der Waals surface area contributed by atoms with Gasteiger partial charge in [-0.2, -0.15) is 4.31 Å². The van der Waals surface area contributed by atoms with E-state index in [1.807, 2.05) is 48.5 Å². The molecule has 1 saturated heterocycles. The van der Waals surface area contributed by atoms with E-state index in [0.717, 1.165) is 11.1 Å². The Hall–Kier alpha value is -2.97. The van der Waals surface area contributed by atoms with Crippen molar-refractivity contribution < 1.29 is 17.9 Å². The number of carbonyl (C=O) groups is 1. The number of hydrogen-bond donors (Lipinski definition) is 1. The first-order valence-electron chi connectivity index (χ1n) is 10.5. The third-order valence-electron chi connectivity index (χ3n) is 5.25. The molecule has 0 spiro atoms. The lowest BCUT2D eigenvalue weighted by atomic mass is 10.0. The second kappa shape index (κ2) is 10.3. The minimum Gasteiger partial charge on any atom is -0.379 e. The van der Waals surface area contributed by atoms with Crippen LogP contribution < -0.4 is 5.32 Å². The number of nitrogens with one attached hydrogen (secondary N) is 1. The summed E-state index contributed by atoms with van der Waals surface area (Å²) in [6.45, 7) is 1.42. The Bertz CT molecular complexity index is 1250. The topological polar surface area (TPSA) is 75.7 Å². The number of benzene rings is 3. The highest BCUT2D eigenvalue weighted by Gasteiger charge is 2.26. The third kappa shape index (κ3) is 5.51. The van der Waals surface area contributed by atoms with Crippen LogP contribution in [0.3, 0.4) is 0 Å². The van der Waals surface area contributed by atoms with E-state index < -0.39 is 10.0 Å². The van der Waals surface area contributed by atoms with Crippen LogP contribution >= 0.6 is 11.6 Å². The van der Waals surface area contributed by atoms with E-state index >= 15 is 0 Å². The van der Waals surface area contributed by atoms with Crippen molar-refractivity contribution in [2.75, 3.05) is 31.6 Å². The van der Waals surface area contributed by atoms with Crippen molar-refractivity contribution in [3.05, 3.63) is 95.0 Å². The highest BCUT2D eigenvalue weighted by Crippen LogP contribution is 2.25. The van der Waals surface area contributed by atoms with Gasteiger partial charge in [0, 0.05) is 29.4 Å². The van der Waals surface area contributed by atoms with Crippen molar-refractivity contribution in [3.63, 3.8) is 0 Å². The molecule has 1 N–H and O–H groups in total. The molecule has 1 aliphatic heterocycles. The van der Waals surface area contributed by atoms with E-state index in [9.17, 15) is 13.2 Å². The Morgan fingerprint density at radius 3 is 2.21 bits per heavy atom. The van der Waals surface area contributed by atoms with E-state index in [1.54, 1.807) is 24.3 Å². The molecule has 0 unspecified atom stereocenters. The van der Waals surface area contributed by atoms with E-state index in [1.165, 1.54) is 16.4 Å². The van der Waals surface area contributed by atoms with E-state index in [0.29, 0.717) is 42.6 Å². The summed E-state index contributed by atoms with van der Waals surface area (Å²) in [5.41, 5.74) is 2.39. The maximum Gasteiger partial charge on any atom is 0.256 e. The van der Waals surface area contributed by atoms with Gasteiger partial charge in [0.2, 0.25) is 10.0 Å². The van der Waals surface area contributed by atoms with Crippen molar-refractivity contribution in [1.29, 1.82) is 0 Å². The molecule has 1 fully saturated rings. The molecule has 1 aliphatic rings. The molecule has 6 nitrogen and oxygen atoms in total. The zero-order valence-electron chi connectivity index (χ0n) is 17.8. The Morgan fingerprint density at radius 1 is 0.909 bits per heavy atom. The minimum absolute atomic E-state index is 0.178. The zero-order valence-corrected chi connectivity index (χ0v) is 19.4. The summed E-state index contributed by atoms with van der Waals surface area (Å²) < 4.78 is 32.3. The van der Waals surface area contributed by atoms with Crippen molar-refractivity contribution >= 4 is 44.9 Å². The van der Waals surface area contributed by atoms with Gasteiger partial charge in [0.15, 0.2) is 0 Å². The van der Waals surface area contributed by atoms with Gasteiger partial charge in [0.25, 0.3) is 5.91 Å². The summed E-state index contributed by atoms with van der Waals surface area (Å²) in [6, 6.07) is 22.7. The summed E-state index contributed by atoms with van der Waals surface area (Å²) in [4.78, 5) is 13.4. The normalized spacial score (nSPS) is 15.2. The lowest BCUT2D eigenvalue weighted by Gasteiger charge is -2.26. The van der Waals surface area contributed by atoms with Crippen molar-refractivity contribution in [2.45, 2.75) is 4.90 Å². The lowest BCUT2D eigenvalue weighted by molar-refractivity contribution is -0.111. The minimum atomic E-state index is -3.60. The molecular weight excluding hydrogens is 460 g/mol. The number of anilines is 1. The van der Waals surface area contributed by atoms with Gasteiger partial charge in [0.05, 0.1) is 18.1 Å². The first kappa shape index (κ1) is 23.2. The molecule has 0 atom stereocenters. The number of ether oxygens (including phenoxy) is 1. The number of halogens is 1. The molecule has 3 aromatic carbocycles. The highest BCUT2D eigenvalue weighted by atomic mass is 35.5. The standard InChI is InChI=1S/C25H23ClN2O4S/c26-24-9-5-4-8-20(24)18-23(19-6-2-1-3-7-19)25(29)27-21-10-12-22(13-11-21)33(30,31)28-14-16-32-17-15-28/h1-13,18H,14-17H2,(H,27,29)/b23-18+. The van der Waals surface area contributed by atoms with Gasteiger partial charge in [-0.15, -0.1) is 0 Å². The summed E-state index contributed by atoms with van der Waals surface area (Å²) in [5, 5.41) is 3.40. The number of carbonyl (C=O) groups excluding carboxylic acids is 1. The van der Waals surface area contributed by atoms with E-state index in [-0.39, 0.29) is 10.8 Å². The van der Waals surface area contributed by atoms with E-state index in [2.05, 4.69) is 5.32 Å². The average molecular weight is 483 g/mol. The smallest absolute Gasteiger partial charge is 0.256 e. The molecule has 0 saturated carbocycles. The summed E-state index contributed by atoms with van der Waals surface area (Å²) in [7, 11) is -3.60. The predicted molar refractivity (Wildman–Crippen MR) is 130 cm³/mol. The number of morpholine rings is 1. The molecule has 0 aliphatic carbocycles. The fourth-order valence-electron chi connectivity index (χ4n) is 3.49. The summed E-state index contributed by atoms with van der Waals surface area (Å²) in [5.74, 6) is -0.329. The Balaban J connectivity index is 1.58. The van der Waals surface area contributed by atoms with Crippen LogP contribution in [0.5, 0.6) is 0 Å². The Labute approximate surface area is 198 Å². The summed E-state index contributed by atoms with van der Waals surface area (Å²) in [6.07, 6.45) is 1.74. The largest absolute Gasteiger partial charge is 0.379 e. The van der Waals surface area contributed by atoms with Crippen LogP contribution in [0.2, 0.25) is 5.02 Å². The zero-order chi connectivity index (χ0) is 23.3. The van der Waals surface area contributed by atoms with Gasteiger partial charge in [-0.25, -0.2) is 8.42 Å². The molecule has 0 radical (unpaired) electrons. The van der Waals surface area contributed by atoms with E-state index in [4.69, 9.17) is 16.3 Å². The number of rotatable bonds is 6. The molecule has 1 heterocycles. The van der Waals surface area contributed by atoms with Gasteiger partial charge < -0.3 is 10.1 Å². The molecule has 0 aromatic heterocycles.